The molecule has 54 heavy (non-hydrogen) atoms. The van der Waals surface area contributed by atoms with Gasteiger partial charge >= 0.3 is 6.18 Å². The van der Waals surface area contributed by atoms with Gasteiger partial charge in [-0.15, -0.1) is 0 Å². The van der Waals surface area contributed by atoms with Gasteiger partial charge < -0.3 is 24.3 Å². The van der Waals surface area contributed by atoms with E-state index in [4.69, 9.17) is 14.7 Å². The summed E-state index contributed by atoms with van der Waals surface area (Å²) >= 11 is 1.89. The molecule has 1 aliphatic carbocycles. The molecule has 15 heteroatoms. The molecular formula is C39H46F3N9O2S. The number of fused-ring (bicyclic) bond motifs is 2. The van der Waals surface area contributed by atoms with Gasteiger partial charge in [0.1, 0.15) is 11.3 Å². The quantitative estimate of drug-likeness (QED) is 0.162. The maximum atomic E-state index is 14.1. The van der Waals surface area contributed by atoms with Crippen LogP contribution < -0.4 is 14.5 Å². The fourth-order valence-corrected chi connectivity index (χ4v) is 9.96. The largest absolute Gasteiger partial charge is 0.481 e. The molecule has 1 N–H and O–H groups in total. The number of aromatic nitrogens is 4. The molecule has 4 aromatic rings. The third-order valence-corrected chi connectivity index (χ3v) is 13.2. The second-order valence-electron chi connectivity index (χ2n) is 15.9. The fraction of sp³-hybridized carbons (Fsp3) is 0.538. The Kier molecular flexibility index (Phi) is 8.96. The summed E-state index contributed by atoms with van der Waals surface area (Å²) in [4.78, 5) is 31.3. The van der Waals surface area contributed by atoms with Crippen LogP contribution in [0.2, 0.25) is 0 Å². The van der Waals surface area contributed by atoms with Crippen molar-refractivity contribution in [3.8, 4) is 16.9 Å². The number of hydrogen-bond acceptors (Lipinski definition) is 10. The number of piperazine rings is 1. The zero-order valence-corrected chi connectivity index (χ0v) is 31.6. The number of benzene rings is 2. The number of carbonyl (C=O) groups is 1. The van der Waals surface area contributed by atoms with E-state index in [1.165, 1.54) is 6.08 Å². The molecule has 0 atom stereocenters. The number of likely N-dealkylation sites (N-methyl/N-ethyl adjacent to an activating group) is 1. The van der Waals surface area contributed by atoms with Gasteiger partial charge in [-0.25, -0.2) is 9.29 Å². The molecule has 4 aliphatic heterocycles. The number of hydrogen-bond donors (Lipinski definition) is 1. The predicted molar refractivity (Wildman–Crippen MR) is 206 cm³/mol. The average molecular weight is 762 g/mol. The predicted octanol–water partition coefficient (Wildman–Crippen LogP) is 6.00. The molecule has 0 radical (unpaired) electrons. The lowest BCUT2D eigenvalue weighted by Crippen LogP contribution is -2.61. The van der Waals surface area contributed by atoms with Gasteiger partial charge in [0, 0.05) is 87.2 Å². The van der Waals surface area contributed by atoms with E-state index in [0.29, 0.717) is 35.4 Å². The molecule has 5 aliphatic rings. The van der Waals surface area contributed by atoms with Crippen molar-refractivity contribution in [1.82, 2.24) is 34.3 Å². The van der Waals surface area contributed by atoms with Crippen LogP contribution in [0, 0.1) is 12.3 Å². The third-order valence-electron chi connectivity index (χ3n) is 12.0. The van der Waals surface area contributed by atoms with Crippen molar-refractivity contribution in [2.45, 2.75) is 50.0 Å². The summed E-state index contributed by atoms with van der Waals surface area (Å²) in [6.07, 6.45) is 2.22. The van der Waals surface area contributed by atoms with Gasteiger partial charge in [-0.2, -0.15) is 23.3 Å². The Morgan fingerprint density at radius 2 is 1.78 bits per heavy atom. The number of halogens is 3. The van der Waals surface area contributed by atoms with Gasteiger partial charge in [0.15, 0.2) is 12.4 Å². The fourth-order valence-electron chi connectivity index (χ4n) is 8.67. The molecule has 6 heterocycles. The highest BCUT2D eigenvalue weighted by Gasteiger charge is 2.47. The number of aromatic amines is 1. The summed E-state index contributed by atoms with van der Waals surface area (Å²) in [5, 5.41) is 9.28. The first-order valence-electron chi connectivity index (χ1n) is 19.0. The van der Waals surface area contributed by atoms with E-state index in [9.17, 15) is 18.0 Å². The van der Waals surface area contributed by atoms with Gasteiger partial charge in [0.25, 0.3) is 0 Å². The second kappa shape index (κ2) is 13.6. The van der Waals surface area contributed by atoms with E-state index < -0.39 is 12.8 Å². The van der Waals surface area contributed by atoms with Crippen LogP contribution in [0.5, 0.6) is 5.75 Å². The molecule has 2 aromatic heterocycles. The van der Waals surface area contributed by atoms with Crippen LogP contribution in [0.15, 0.2) is 37.1 Å². The Morgan fingerprint density at radius 1 is 1.04 bits per heavy atom. The SMILES string of the molecule is C=CC(=O)N1CC2(CCN(c3nc(N4CC(SN5CCN(C)CC5)C4)nc4c(OCC(F)(F)F)c(-c5c(C)ccc6[nH]ncc56)c(C5CC5)cc34)CC2)C1. The molecule has 1 amide bonds. The Morgan fingerprint density at radius 3 is 2.46 bits per heavy atom. The van der Waals surface area contributed by atoms with Crippen LogP contribution in [-0.2, 0) is 4.79 Å². The standard InChI is InChI=1S/C39H46F3N9O2S/c1-4-31(52)50-21-38(22-50)9-11-48(12-10-38)36-28-17-27(25-6-7-25)33(32-24(2)5-8-30-29(32)18-43-46-30)35(53-23-39(40,41)42)34(28)44-37(45-36)49-19-26(20-49)54-51-15-13-47(3)14-16-51/h4-5,8,17-18,25-26H,1,6-7,9-16,19-23H2,2-3H3,(H,43,46). The van der Waals surface area contributed by atoms with Crippen molar-refractivity contribution in [3.63, 3.8) is 0 Å². The first-order valence-corrected chi connectivity index (χ1v) is 19.8. The van der Waals surface area contributed by atoms with E-state index in [2.05, 4.69) is 48.9 Å². The Balaban J connectivity index is 1.15. The summed E-state index contributed by atoms with van der Waals surface area (Å²) < 4.78 is 50.8. The number of nitrogens with one attached hydrogen (secondary N) is 1. The van der Waals surface area contributed by atoms with Crippen LogP contribution in [0.1, 0.15) is 42.7 Å². The lowest BCUT2D eigenvalue weighted by atomic mass is 9.72. The normalized spacial score (nSPS) is 21.2. The van der Waals surface area contributed by atoms with Gasteiger partial charge in [-0.1, -0.05) is 24.6 Å². The number of amides is 1. The van der Waals surface area contributed by atoms with Crippen LogP contribution in [0.4, 0.5) is 24.9 Å². The zero-order chi connectivity index (χ0) is 37.4. The molecule has 0 unspecified atom stereocenters. The maximum Gasteiger partial charge on any atom is 0.422 e. The number of likely N-dealkylation sites (tertiary alicyclic amines) is 1. The number of rotatable bonds is 9. The minimum atomic E-state index is -4.55. The molecule has 0 bridgehead atoms. The number of nitrogens with zero attached hydrogens (tertiary/aromatic N) is 8. The first kappa shape index (κ1) is 35.6. The first-order chi connectivity index (χ1) is 26.0. The van der Waals surface area contributed by atoms with E-state index in [1.807, 2.05) is 35.9 Å². The van der Waals surface area contributed by atoms with Crippen LogP contribution in [0.25, 0.3) is 32.9 Å². The molecule has 9 rings (SSSR count). The van der Waals surface area contributed by atoms with Crippen molar-refractivity contribution < 1.29 is 22.7 Å². The van der Waals surface area contributed by atoms with Gasteiger partial charge in [-0.3, -0.25) is 9.89 Å². The van der Waals surface area contributed by atoms with Crippen molar-refractivity contribution in [2.24, 2.45) is 5.41 Å². The monoisotopic (exact) mass is 761 g/mol. The highest BCUT2D eigenvalue weighted by Crippen LogP contribution is 2.53. The number of alkyl halides is 3. The summed E-state index contributed by atoms with van der Waals surface area (Å²) in [6.45, 7) is 12.7. The van der Waals surface area contributed by atoms with Crippen LogP contribution in [-0.4, -0.2) is 131 Å². The Bertz CT molecular complexity index is 2090. The molecule has 2 aromatic carbocycles. The van der Waals surface area contributed by atoms with Crippen LogP contribution in [0.3, 0.4) is 0 Å². The molecule has 286 valence electrons. The molecule has 1 spiro atoms. The highest BCUT2D eigenvalue weighted by atomic mass is 32.2. The lowest BCUT2D eigenvalue weighted by Gasteiger charge is -2.54. The minimum Gasteiger partial charge on any atom is -0.481 e. The number of aryl methyl sites for hydroxylation is 1. The molecular weight excluding hydrogens is 716 g/mol. The lowest BCUT2D eigenvalue weighted by molar-refractivity contribution is -0.153. The van der Waals surface area contributed by atoms with Gasteiger partial charge in [-0.05, 0) is 80.5 Å². The Hall–Kier alpha value is -4.08. The number of ether oxygens (including phenoxy) is 1. The van der Waals surface area contributed by atoms with E-state index in [-0.39, 0.29) is 23.0 Å². The van der Waals surface area contributed by atoms with Crippen molar-refractivity contribution >= 4 is 51.4 Å². The number of carbonyl (C=O) groups excluding carboxylic acids is 1. The zero-order valence-electron chi connectivity index (χ0n) is 30.8. The van der Waals surface area contributed by atoms with E-state index in [1.54, 1.807) is 6.20 Å². The number of piperidine rings is 1. The second-order valence-corrected chi connectivity index (χ2v) is 17.3. The molecule has 5 fully saturated rings. The van der Waals surface area contributed by atoms with Gasteiger partial charge in [0.05, 0.1) is 17.0 Å². The third kappa shape index (κ3) is 6.65. The summed E-state index contributed by atoms with van der Waals surface area (Å²) in [5.41, 5.74) is 4.64. The summed E-state index contributed by atoms with van der Waals surface area (Å²) in [6, 6.07) is 6.07. The molecule has 1 saturated carbocycles. The topological polar surface area (TPSA) is 97.0 Å². The summed E-state index contributed by atoms with van der Waals surface area (Å²) in [7, 11) is 2.15. The minimum absolute atomic E-state index is 0.0377. The summed E-state index contributed by atoms with van der Waals surface area (Å²) in [5.74, 6) is 1.55. The van der Waals surface area contributed by atoms with Gasteiger partial charge in [0.2, 0.25) is 11.9 Å². The van der Waals surface area contributed by atoms with E-state index >= 15 is 0 Å². The van der Waals surface area contributed by atoms with Crippen molar-refractivity contribution in [1.29, 1.82) is 0 Å². The Labute approximate surface area is 317 Å². The average Bonchev–Trinajstić information content (AvgIpc) is 3.86. The van der Waals surface area contributed by atoms with Crippen molar-refractivity contribution in [3.05, 3.63) is 48.2 Å². The molecule has 11 nitrogen and oxygen atoms in total. The highest BCUT2D eigenvalue weighted by molar-refractivity contribution is 7.97. The van der Waals surface area contributed by atoms with E-state index in [0.717, 1.165) is 117 Å². The van der Waals surface area contributed by atoms with Crippen LogP contribution >= 0.6 is 11.9 Å². The van der Waals surface area contributed by atoms with Crippen molar-refractivity contribution in [2.75, 3.05) is 88.9 Å². The number of H-pyrrole nitrogens is 1. The maximum absolute atomic E-state index is 14.1. The molecule has 4 saturated heterocycles. The number of anilines is 2. The smallest absolute Gasteiger partial charge is 0.422 e.